The van der Waals surface area contributed by atoms with Crippen LogP contribution in [0.2, 0.25) is 0 Å². The second kappa shape index (κ2) is 2.70. The van der Waals surface area contributed by atoms with E-state index in [1.54, 1.807) is 6.07 Å². The summed E-state index contributed by atoms with van der Waals surface area (Å²) in [5.41, 5.74) is -0.181. The maximum Gasteiger partial charge on any atom is 0.127 e. The van der Waals surface area contributed by atoms with Gasteiger partial charge in [0.1, 0.15) is 11.6 Å². The first-order valence-electron chi connectivity index (χ1n) is 4.21. The summed E-state index contributed by atoms with van der Waals surface area (Å²) in [5.74, 6) is 0.0880. The Kier molecular flexibility index (Phi) is 1.77. The minimum Gasteiger partial charge on any atom is -0.497 e. The van der Waals surface area contributed by atoms with Gasteiger partial charge < -0.3 is 9.84 Å². The zero-order chi connectivity index (χ0) is 9.47. The van der Waals surface area contributed by atoms with Crippen molar-refractivity contribution in [2.75, 3.05) is 7.11 Å². The lowest BCUT2D eigenvalue weighted by atomic mass is 10.1. The highest BCUT2D eigenvalue weighted by molar-refractivity contribution is 5.35. The number of aliphatic hydroxyl groups is 1. The largest absolute Gasteiger partial charge is 0.497 e. The van der Waals surface area contributed by atoms with E-state index in [0.29, 0.717) is 24.2 Å². The van der Waals surface area contributed by atoms with Crippen LogP contribution in [-0.4, -0.2) is 12.2 Å². The van der Waals surface area contributed by atoms with Gasteiger partial charge in [-0.2, -0.15) is 0 Å². The molecule has 1 saturated carbocycles. The van der Waals surface area contributed by atoms with Crippen molar-refractivity contribution in [2.45, 2.75) is 18.4 Å². The number of methoxy groups -OCH3 is 1. The predicted octanol–water partition coefficient (Wildman–Crippen LogP) is 1.82. The third kappa shape index (κ3) is 1.52. The number of ether oxygens (including phenoxy) is 1. The van der Waals surface area contributed by atoms with Gasteiger partial charge in [-0.15, -0.1) is 0 Å². The number of hydrogen-bond acceptors (Lipinski definition) is 2. The predicted molar refractivity (Wildman–Crippen MR) is 46.1 cm³/mol. The first-order valence-corrected chi connectivity index (χ1v) is 4.21. The number of rotatable bonds is 2. The molecule has 0 heterocycles. The summed E-state index contributed by atoms with van der Waals surface area (Å²) in [5, 5.41) is 9.72. The molecule has 70 valence electrons. The fourth-order valence-corrected chi connectivity index (χ4v) is 1.36. The van der Waals surface area contributed by atoms with Gasteiger partial charge in [-0.3, -0.25) is 0 Å². The quantitative estimate of drug-likeness (QED) is 0.755. The Hall–Kier alpha value is -1.09. The molecule has 1 aliphatic carbocycles. The van der Waals surface area contributed by atoms with Gasteiger partial charge in [-0.1, -0.05) is 0 Å². The van der Waals surface area contributed by atoms with Crippen molar-refractivity contribution in [3.05, 3.63) is 29.6 Å². The van der Waals surface area contributed by atoms with Gasteiger partial charge in [0, 0.05) is 6.07 Å². The second-order valence-electron chi connectivity index (χ2n) is 3.41. The SMILES string of the molecule is COc1cc(F)cc(C2(O)CC2)c1. The Morgan fingerprint density at radius 3 is 2.62 bits per heavy atom. The van der Waals surface area contributed by atoms with Gasteiger partial charge in [0.2, 0.25) is 0 Å². The Bertz CT molecular complexity index is 332. The molecule has 0 aromatic heterocycles. The van der Waals surface area contributed by atoms with Crippen LogP contribution < -0.4 is 4.74 Å². The molecule has 0 radical (unpaired) electrons. The maximum atomic E-state index is 13.0. The van der Waals surface area contributed by atoms with Crippen molar-refractivity contribution in [3.63, 3.8) is 0 Å². The smallest absolute Gasteiger partial charge is 0.127 e. The molecule has 1 aromatic carbocycles. The van der Waals surface area contributed by atoms with E-state index < -0.39 is 5.60 Å². The van der Waals surface area contributed by atoms with Crippen LogP contribution in [0, 0.1) is 5.82 Å². The third-order valence-electron chi connectivity index (χ3n) is 2.37. The molecule has 2 nitrogen and oxygen atoms in total. The number of benzene rings is 1. The van der Waals surface area contributed by atoms with Gasteiger partial charge in [-0.25, -0.2) is 4.39 Å². The fourth-order valence-electron chi connectivity index (χ4n) is 1.36. The Morgan fingerprint density at radius 2 is 2.08 bits per heavy atom. The standard InChI is InChI=1S/C10H11FO2/c1-13-9-5-7(4-8(11)6-9)10(12)2-3-10/h4-6,12H,2-3H2,1H3. The number of hydrogen-bond donors (Lipinski definition) is 1. The van der Waals surface area contributed by atoms with E-state index in [9.17, 15) is 9.50 Å². The average molecular weight is 182 g/mol. The van der Waals surface area contributed by atoms with E-state index in [1.165, 1.54) is 19.2 Å². The summed E-state index contributed by atoms with van der Waals surface area (Å²) in [6.07, 6.45) is 1.42. The summed E-state index contributed by atoms with van der Waals surface area (Å²) in [4.78, 5) is 0. The van der Waals surface area contributed by atoms with Crippen molar-refractivity contribution in [3.8, 4) is 5.75 Å². The Morgan fingerprint density at radius 1 is 1.38 bits per heavy atom. The summed E-state index contributed by atoms with van der Waals surface area (Å²) < 4.78 is 17.9. The third-order valence-corrected chi connectivity index (χ3v) is 2.37. The molecule has 0 unspecified atom stereocenters. The van der Waals surface area contributed by atoms with Crippen molar-refractivity contribution >= 4 is 0 Å². The van der Waals surface area contributed by atoms with Gasteiger partial charge in [-0.05, 0) is 30.5 Å². The van der Waals surface area contributed by atoms with E-state index in [-0.39, 0.29) is 5.82 Å². The summed E-state index contributed by atoms with van der Waals surface area (Å²) in [7, 11) is 1.48. The lowest BCUT2D eigenvalue weighted by molar-refractivity contribution is 0.150. The molecule has 0 bridgehead atoms. The molecule has 0 aliphatic heterocycles. The van der Waals surface area contributed by atoms with Gasteiger partial charge in [0.05, 0.1) is 12.7 Å². The summed E-state index contributed by atoms with van der Waals surface area (Å²) >= 11 is 0. The first-order chi connectivity index (χ1) is 6.14. The van der Waals surface area contributed by atoms with E-state index in [2.05, 4.69) is 0 Å². The molecule has 13 heavy (non-hydrogen) atoms. The molecule has 1 N–H and O–H groups in total. The van der Waals surface area contributed by atoms with Crippen LogP contribution in [0.4, 0.5) is 4.39 Å². The van der Waals surface area contributed by atoms with Crippen molar-refractivity contribution in [1.82, 2.24) is 0 Å². The highest BCUT2D eigenvalue weighted by Crippen LogP contribution is 2.46. The lowest BCUT2D eigenvalue weighted by Gasteiger charge is -2.09. The molecule has 1 aliphatic rings. The fraction of sp³-hybridized carbons (Fsp3) is 0.400. The van der Waals surface area contributed by atoms with Crippen molar-refractivity contribution < 1.29 is 14.2 Å². The highest BCUT2D eigenvalue weighted by Gasteiger charge is 2.42. The molecule has 2 rings (SSSR count). The zero-order valence-corrected chi connectivity index (χ0v) is 7.38. The molecule has 1 aromatic rings. The first kappa shape index (κ1) is 8.51. The minimum absolute atomic E-state index is 0.366. The average Bonchev–Trinajstić information content (AvgIpc) is 2.84. The molecule has 0 amide bonds. The van der Waals surface area contributed by atoms with Crippen LogP contribution in [0.15, 0.2) is 18.2 Å². The van der Waals surface area contributed by atoms with Crippen LogP contribution in [0.5, 0.6) is 5.75 Å². The van der Waals surface area contributed by atoms with Gasteiger partial charge in [0.15, 0.2) is 0 Å². The molecular weight excluding hydrogens is 171 g/mol. The van der Waals surface area contributed by atoms with E-state index in [4.69, 9.17) is 4.74 Å². The summed E-state index contributed by atoms with van der Waals surface area (Å²) in [6.45, 7) is 0. The van der Waals surface area contributed by atoms with Crippen LogP contribution in [0.25, 0.3) is 0 Å². The monoisotopic (exact) mass is 182 g/mol. The van der Waals surface area contributed by atoms with Crippen molar-refractivity contribution in [2.24, 2.45) is 0 Å². The van der Waals surface area contributed by atoms with Crippen LogP contribution in [0.3, 0.4) is 0 Å². The van der Waals surface area contributed by atoms with E-state index in [1.807, 2.05) is 0 Å². The van der Waals surface area contributed by atoms with Gasteiger partial charge in [0.25, 0.3) is 0 Å². The molecule has 3 heteroatoms. The maximum absolute atomic E-state index is 13.0. The molecule has 0 atom stereocenters. The zero-order valence-electron chi connectivity index (χ0n) is 7.38. The van der Waals surface area contributed by atoms with Crippen LogP contribution in [0.1, 0.15) is 18.4 Å². The van der Waals surface area contributed by atoms with Crippen molar-refractivity contribution in [1.29, 1.82) is 0 Å². The summed E-state index contributed by atoms with van der Waals surface area (Å²) in [6, 6.07) is 4.33. The normalized spacial score (nSPS) is 18.4. The van der Waals surface area contributed by atoms with Crippen LogP contribution >= 0.6 is 0 Å². The molecular formula is C10H11FO2. The Labute approximate surface area is 76.0 Å². The lowest BCUT2D eigenvalue weighted by Crippen LogP contribution is -2.04. The molecule has 0 spiro atoms. The molecule has 1 fully saturated rings. The Balaban J connectivity index is 2.40. The van der Waals surface area contributed by atoms with E-state index in [0.717, 1.165) is 0 Å². The molecule has 0 saturated heterocycles. The topological polar surface area (TPSA) is 29.5 Å². The second-order valence-corrected chi connectivity index (χ2v) is 3.41. The van der Waals surface area contributed by atoms with Crippen LogP contribution in [-0.2, 0) is 5.60 Å². The van der Waals surface area contributed by atoms with Gasteiger partial charge >= 0.3 is 0 Å². The number of halogens is 1. The van der Waals surface area contributed by atoms with E-state index >= 15 is 0 Å². The minimum atomic E-state index is -0.796. The highest BCUT2D eigenvalue weighted by atomic mass is 19.1.